The first-order valence-electron chi connectivity index (χ1n) is 11.4. The number of halogens is 1. The van der Waals surface area contributed by atoms with E-state index in [-0.39, 0.29) is 18.3 Å². The fourth-order valence-corrected chi connectivity index (χ4v) is 3.75. The van der Waals surface area contributed by atoms with Gasteiger partial charge in [0.25, 0.3) is 0 Å². The third-order valence-electron chi connectivity index (χ3n) is 5.62. The second kappa shape index (κ2) is 15.7. The smallest absolute Gasteiger partial charge is 0.203 e. The minimum atomic E-state index is 0. The molecular weight excluding hydrogens is 426 g/mol. The highest BCUT2D eigenvalue weighted by Gasteiger charge is 2.18. The summed E-state index contributed by atoms with van der Waals surface area (Å²) in [6.07, 6.45) is 8.44. The molecule has 0 spiro atoms. The molecule has 0 aliphatic heterocycles. The van der Waals surface area contributed by atoms with Gasteiger partial charge in [0.1, 0.15) is 5.75 Å². The van der Waals surface area contributed by atoms with Gasteiger partial charge in [-0.3, -0.25) is 0 Å². The largest absolute Gasteiger partial charge is 0.494 e. The predicted octanol–water partition coefficient (Wildman–Crippen LogP) is 6.16. The molecule has 1 atom stereocenters. The van der Waals surface area contributed by atoms with Crippen LogP contribution in [0.3, 0.4) is 0 Å². The van der Waals surface area contributed by atoms with Crippen LogP contribution in [0.25, 0.3) is 0 Å². The van der Waals surface area contributed by atoms with E-state index in [1.807, 2.05) is 12.1 Å². The highest BCUT2D eigenvalue weighted by Crippen LogP contribution is 2.40. The first-order chi connectivity index (χ1) is 15.2. The zero-order chi connectivity index (χ0) is 22.5. The first-order valence-corrected chi connectivity index (χ1v) is 11.4. The molecule has 0 aliphatic carbocycles. The lowest BCUT2D eigenvalue weighted by atomic mass is 9.91. The maximum absolute atomic E-state index is 6.12. The summed E-state index contributed by atoms with van der Waals surface area (Å²) in [6.45, 7) is 3.55. The molecular formula is C26H40ClNO4. The van der Waals surface area contributed by atoms with Crippen LogP contribution in [0.15, 0.2) is 36.4 Å². The number of nitrogens with two attached hydrogens (primary N) is 1. The molecule has 0 aliphatic rings. The molecule has 0 saturated heterocycles. The monoisotopic (exact) mass is 465 g/mol. The lowest BCUT2D eigenvalue weighted by Gasteiger charge is -2.20. The summed E-state index contributed by atoms with van der Waals surface area (Å²) >= 11 is 0. The minimum Gasteiger partial charge on any atom is -0.494 e. The van der Waals surface area contributed by atoms with Crippen molar-refractivity contribution in [2.45, 2.75) is 57.8 Å². The van der Waals surface area contributed by atoms with Gasteiger partial charge < -0.3 is 24.7 Å². The van der Waals surface area contributed by atoms with E-state index in [1.54, 1.807) is 21.3 Å². The highest BCUT2D eigenvalue weighted by molar-refractivity contribution is 5.85. The molecule has 0 aromatic heterocycles. The summed E-state index contributed by atoms with van der Waals surface area (Å²) in [5.74, 6) is 2.96. The predicted molar refractivity (Wildman–Crippen MR) is 134 cm³/mol. The molecule has 2 aromatic rings. The molecule has 0 saturated carbocycles. The topological polar surface area (TPSA) is 62.9 Å². The SMILES string of the molecule is CCCCCCCCOc1ccc(CC(CN)c2cc(OC)c(OC)c(OC)c2)cc1.Cl. The fraction of sp³-hybridized carbons (Fsp3) is 0.538. The minimum absolute atomic E-state index is 0. The van der Waals surface area contributed by atoms with Gasteiger partial charge in [0, 0.05) is 5.92 Å². The van der Waals surface area contributed by atoms with E-state index in [9.17, 15) is 0 Å². The Hall–Kier alpha value is -2.11. The van der Waals surface area contributed by atoms with Gasteiger partial charge in [-0.25, -0.2) is 0 Å². The number of hydrogen-bond acceptors (Lipinski definition) is 5. The molecule has 0 radical (unpaired) electrons. The average Bonchev–Trinajstić information content (AvgIpc) is 2.81. The lowest BCUT2D eigenvalue weighted by molar-refractivity contribution is 0.304. The first kappa shape index (κ1) is 27.9. The Morgan fingerprint density at radius 3 is 1.94 bits per heavy atom. The van der Waals surface area contributed by atoms with Gasteiger partial charge in [0.15, 0.2) is 11.5 Å². The molecule has 2 N–H and O–H groups in total. The van der Waals surface area contributed by atoms with Crippen molar-refractivity contribution in [2.24, 2.45) is 5.73 Å². The zero-order valence-electron chi connectivity index (χ0n) is 20.0. The number of ether oxygens (including phenoxy) is 4. The number of rotatable bonds is 15. The van der Waals surface area contributed by atoms with Crippen LogP contribution in [-0.4, -0.2) is 34.5 Å². The highest BCUT2D eigenvalue weighted by atomic mass is 35.5. The Balaban J connectivity index is 0.00000512. The summed E-state index contributed by atoms with van der Waals surface area (Å²) in [5, 5.41) is 0. The van der Waals surface area contributed by atoms with Crippen LogP contribution in [0.1, 0.15) is 62.5 Å². The van der Waals surface area contributed by atoms with Crippen molar-refractivity contribution in [1.82, 2.24) is 0 Å². The molecule has 0 fully saturated rings. The lowest BCUT2D eigenvalue weighted by Crippen LogP contribution is -2.15. The Labute approximate surface area is 200 Å². The summed E-state index contributed by atoms with van der Waals surface area (Å²) in [6, 6.07) is 12.3. The summed E-state index contributed by atoms with van der Waals surface area (Å²) in [5.41, 5.74) is 8.41. The molecule has 5 nitrogen and oxygen atoms in total. The van der Waals surface area contributed by atoms with Gasteiger partial charge in [-0.05, 0) is 54.8 Å². The van der Waals surface area contributed by atoms with Crippen LogP contribution in [0.2, 0.25) is 0 Å². The average molecular weight is 466 g/mol. The van der Waals surface area contributed by atoms with Crippen LogP contribution in [-0.2, 0) is 6.42 Å². The van der Waals surface area contributed by atoms with Crippen molar-refractivity contribution in [3.05, 3.63) is 47.5 Å². The normalized spacial score (nSPS) is 11.4. The maximum Gasteiger partial charge on any atom is 0.203 e. The van der Waals surface area contributed by atoms with Crippen molar-refractivity contribution in [1.29, 1.82) is 0 Å². The molecule has 0 bridgehead atoms. The molecule has 0 amide bonds. The van der Waals surface area contributed by atoms with Gasteiger partial charge in [0.05, 0.1) is 27.9 Å². The van der Waals surface area contributed by atoms with Gasteiger partial charge >= 0.3 is 0 Å². The second-order valence-corrected chi connectivity index (χ2v) is 7.86. The number of unbranched alkanes of at least 4 members (excludes halogenated alkanes) is 5. The van der Waals surface area contributed by atoms with Crippen LogP contribution in [0.5, 0.6) is 23.0 Å². The Morgan fingerprint density at radius 2 is 1.41 bits per heavy atom. The number of benzene rings is 2. The molecule has 1 unspecified atom stereocenters. The second-order valence-electron chi connectivity index (χ2n) is 7.86. The van der Waals surface area contributed by atoms with Crippen molar-refractivity contribution in [3.63, 3.8) is 0 Å². The Morgan fingerprint density at radius 1 is 0.812 bits per heavy atom. The zero-order valence-corrected chi connectivity index (χ0v) is 20.8. The molecule has 6 heteroatoms. The number of methoxy groups -OCH3 is 3. The molecule has 180 valence electrons. The maximum atomic E-state index is 6.12. The molecule has 32 heavy (non-hydrogen) atoms. The van der Waals surface area contributed by atoms with Gasteiger partial charge in [-0.1, -0.05) is 51.2 Å². The van der Waals surface area contributed by atoms with Crippen molar-refractivity contribution in [2.75, 3.05) is 34.5 Å². The number of hydrogen-bond donors (Lipinski definition) is 1. The van der Waals surface area contributed by atoms with Gasteiger partial charge in [0.2, 0.25) is 5.75 Å². The van der Waals surface area contributed by atoms with Crippen LogP contribution < -0.4 is 24.7 Å². The van der Waals surface area contributed by atoms with Crippen LogP contribution >= 0.6 is 12.4 Å². The third-order valence-corrected chi connectivity index (χ3v) is 5.62. The van der Waals surface area contributed by atoms with E-state index in [2.05, 4.69) is 31.2 Å². The van der Waals surface area contributed by atoms with E-state index in [0.717, 1.165) is 30.8 Å². The summed E-state index contributed by atoms with van der Waals surface area (Å²) < 4.78 is 22.3. The van der Waals surface area contributed by atoms with E-state index in [1.165, 1.54) is 37.7 Å². The Bertz CT molecular complexity index is 742. The third kappa shape index (κ3) is 8.44. The molecule has 2 aromatic carbocycles. The van der Waals surface area contributed by atoms with Crippen LogP contribution in [0.4, 0.5) is 0 Å². The van der Waals surface area contributed by atoms with Gasteiger partial charge in [-0.15, -0.1) is 12.4 Å². The Kier molecular flexibility index (Phi) is 13.7. The quantitative estimate of drug-likeness (QED) is 0.319. The fourth-order valence-electron chi connectivity index (χ4n) is 3.75. The van der Waals surface area contributed by atoms with E-state index < -0.39 is 0 Å². The summed E-state index contributed by atoms with van der Waals surface area (Å²) in [4.78, 5) is 0. The molecule has 0 heterocycles. The standard InChI is InChI=1S/C26H39NO4.ClH/c1-5-6-7-8-9-10-15-31-23-13-11-20(12-14-23)16-22(19-27)21-17-24(28-2)26(30-4)25(18-21)29-3;/h11-14,17-18,22H,5-10,15-16,19,27H2,1-4H3;1H. The van der Waals surface area contributed by atoms with Crippen molar-refractivity contribution < 1.29 is 18.9 Å². The summed E-state index contributed by atoms with van der Waals surface area (Å²) in [7, 11) is 4.86. The van der Waals surface area contributed by atoms with Crippen molar-refractivity contribution >= 4 is 12.4 Å². The van der Waals surface area contributed by atoms with E-state index in [0.29, 0.717) is 23.8 Å². The van der Waals surface area contributed by atoms with Crippen molar-refractivity contribution in [3.8, 4) is 23.0 Å². The van der Waals surface area contributed by atoms with Gasteiger partial charge in [-0.2, -0.15) is 0 Å². The molecule has 2 rings (SSSR count). The van der Waals surface area contributed by atoms with Crippen LogP contribution in [0, 0.1) is 0 Å². The van der Waals surface area contributed by atoms with E-state index >= 15 is 0 Å². The van der Waals surface area contributed by atoms with E-state index in [4.69, 9.17) is 24.7 Å².